The van der Waals surface area contributed by atoms with E-state index >= 15 is 0 Å². The van der Waals surface area contributed by atoms with Gasteiger partial charge in [-0.15, -0.1) is 0 Å². The van der Waals surface area contributed by atoms with Gasteiger partial charge in [0.25, 0.3) is 5.91 Å². The predicted octanol–water partition coefficient (Wildman–Crippen LogP) is 2.04. The zero-order valence-electron chi connectivity index (χ0n) is 9.24. The van der Waals surface area contributed by atoms with E-state index in [-0.39, 0.29) is 12.5 Å². The maximum Gasteiger partial charge on any atom is 0.251 e. The third-order valence-electron chi connectivity index (χ3n) is 2.34. The molecular formula is C12H16INO2. The minimum absolute atomic E-state index is 0.0545. The Morgan fingerprint density at radius 1 is 1.44 bits per heavy atom. The number of halogens is 1. The molecule has 0 aliphatic heterocycles. The fourth-order valence-corrected chi connectivity index (χ4v) is 1.65. The van der Waals surface area contributed by atoms with Crippen molar-refractivity contribution in [2.45, 2.75) is 13.3 Å². The van der Waals surface area contributed by atoms with Crippen LogP contribution in [0.15, 0.2) is 24.3 Å². The molecule has 4 heteroatoms. The third kappa shape index (κ3) is 4.49. The van der Waals surface area contributed by atoms with E-state index in [1.165, 1.54) is 0 Å². The van der Waals surface area contributed by atoms with E-state index in [1.807, 2.05) is 31.2 Å². The summed E-state index contributed by atoms with van der Waals surface area (Å²) < 4.78 is 1.11. The summed E-state index contributed by atoms with van der Waals surface area (Å²) in [6.45, 7) is 2.77. The quantitative estimate of drug-likeness (QED) is 0.811. The van der Waals surface area contributed by atoms with Crippen LogP contribution in [-0.2, 0) is 0 Å². The van der Waals surface area contributed by atoms with Crippen LogP contribution in [0.4, 0.5) is 0 Å². The van der Waals surface area contributed by atoms with E-state index in [0.29, 0.717) is 24.4 Å². The second-order valence-corrected chi connectivity index (χ2v) is 5.08. The molecule has 0 aliphatic carbocycles. The minimum Gasteiger partial charge on any atom is -0.396 e. The Morgan fingerprint density at radius 2 is 2.06 bits per heavy atom. The summed E-state index contributed by atoms with van der Waals surface area (Å²) in [6.07, 6.45) is 0.715. The fraction of sp³-hybridized carbons (Fsp3) is 0.417. The average molecular weight is 333 g/mol. The van der Waals surface area contributed by atoms with Crippen molar-refractivity contribution in [3.63, 3.8) is 0 Å². The molecule has 16 heavy (non-hydrogen) atoms. The van der Waals surface area contributed by atoms with Crippen molar-refractivity contribution in [1.82, 2.24) is 5.32 Å². The second-order valence-electron chi connectivity index (χ2n) is 3.83. The number of aliphatic hydroxyl groups excluding tert-OH is 1. The van der Waals surface area contributed by atoms with Gasteiger partial charge in [-0.2, -0.15) is 0 Å². The number of aliphatic hydroxyl groups is 1. The summed E-state index contributed by atoms with van der Waals surface area (Å²) in [4.78, 5) is 11.7. The molecule has 0 saturated heterocycles. The number of carbonyl (C=O) groups is 1. The van der Waals surface area contributed by atoms with Crippen LogP contribution < -0.4 is 5.32 Å². The van der Waals surface area contributed by atoms with Crippen molar-refractivity contribution in [2.24, 2.45) is 5.92 Å². The molecule has 1 aromatic carbocycles. The molecule has 88 valence electrons. The molecule has 2 N–H and O–H groups in total. The first kappa shape index (κ1) is 13.4. The zero-order chi connectivity index (χ0) is 12.0. The van der Waals surface area contributed by atoms with Crippen molar-refractivity contribution in [3.8, 4) is 0 Å². The van der Waals surface area contributed by atoms with Gasteiger partial charge in [0, 0.05) is 22.3 Å². The van der Waals surface area contributed by atoms with Crippen molar-refractivity contribution < 1.29 is 9.90 Å². The molecule has 0 aromatic heterocycles. The molecule has 0 fully saturated rings. The molecule has 0 radical (unpaired) electrons. The Hall–Kier alpha value is -0.620. The molecule has 1 aromatic rings. The minimum atomic E-state index is -0.0545. The van der Waals surface area contributed by atoms with Crippen LogP contribution in [-0.4, -0.2) is 24.2 Å². The SMILES string of the molecule is CC(CCO)CNC(=O)c1ccc(I)cc1. The lowest BCUT2D eigenvalue weighted by atomic mass is 10.1. The van der Waals surface area contributed by atoms with Gasteiger partial charge in [0.1, 0.15) is 0 Å². The highest BCUT2D eigenvalue weighted by atomic mass is 127. The summed E-state index contributed by atoms with van der Waals surface area (Å²) in [5.74, 6) is 0.249. The smallest absolute Gasteiger partial charge is 0.251 e. The Balaban J connectivity index is 2.43. The molecule has 1 atom stereocenters. The summed E-state index contributed by atoms with van der Waals surface area (Å²) in [5, 5.41) is 11.6. The van der Waals surface area contributed by atoms with Gasteiger partial charge < -0.3 is 10.4 Å². The van der Waals surface area contributed by atoms with Crippen molar-refractivity contribution >= 4 is 28.5 Å². The van der Waals surface area contributed by atoms with Gasteiger partial charge in [-0.25, -0.2) is 0 Å². The number of hydrogen-bond donors (Lipinski definition) is 2. The van der Waals surface area contributed by atoms with Crippen LogP contribution in [0.25, 0.3) is 0 Å². The van der Waals surface area contributed by atoms with E-state index in [1.54, 1.807) is 0 Å². The van der Waals surface area contributed by atoms with Crippen LogP contribution in [0.5, 0.6) is 0 Å². The van der Waals surface area contributed by atoms with Gasteiger partial charge >= 0.3 is 0 Å². The highest BCUT2D eigenvalue weighted by Gasteiger charge is 2.07. The molecule has 3 nitrogen and oxygen atoms in total. The van der Waals surface area contributed by atoms with E-state index in [4.69, 9.17) is 5.11 Å². The van der Waals surface area contributed by atoms with Crippen LogP contribution in [0.3, 0.4) is 0 Å². The summed E-state index contributed by atoms with van der Waals surface area (Å²) in [5.41, 5.74) is 0.677. The molecular weight excluding hydrogens is 317 g/mol. The Bertz CT molecular complexity index is 337. The van der Waals surface area contributed by atoms with Gasteiger partial charge in [-0.3, -0.25) is 4.79 Å². The fourth-order valence-electron chi connectivity index (χ4n) is 1.29. The number of benzene rings is 1. The second kappa shape index (κ2) is 6.85. The number of hydrogen-bond acceptors (Lipinski definition) is 2. The van der Waals surface area contributed by atoms with E-state index in [9.17, 15) is 4.79 Å². The lowest BCUT2D eigenvalue weighted by Gasteiger charge is -2.11. The topological polar surface area (TPSA) is 49.3 Å². The highest BCUT2D eigenvalue weighted by molar-refractivity contribution is 14.1. The lowest BCUT2D eigenvalue weighted by Crippen LogP contribution is -2.28. The first-order chi connectivity index (χ1) is 7.63. The van der Waals surface area contributed by atoms with E-state index in [0.717, 1.165) is 3.57 Å². The van der Waals surface area contributed by atoms with Crippen LogP contribution in [0.1, 0.15) is 23.7 Å². The predicted molar refractivity (Wildman–Crippen MR) is 72.4 cm³/mol. The molecule has 0 spiro atoms. The van der Waals surface area contributed by atoms with Crippen molar-refractivity contribution in [1.29, 1.82) is 0 Å². The Kier molecular flexibility index (Phi) is 5.76. The normalized spacial score (nSPS) is 12.2. The van der Waals surface area contributed by atoms with Crippen LogP contribution in [0.2, 0.25) is 0 Å². The molecule has 0 aliphatic rings. The van der Waals surface area contributed by atoms with E-state index in [2.05, 4.69) is 27.9 Å². The van der Waals surface area contributed by atoms with Gasteiger partial charge in [0.2, 0.25) is 0 Å². The molecule has 0 heterocycles. The summed E-state index contributed by atoms with van der Waals surface area (Å²) in [6, 6.07) is 7.45. The highest BCUT2D eigenvalue weighted by Crippen LogP contribution is 2.07. The Labute approximate surface area is 109 Å². The van der Waals surface area contributed by atoms with Crippen molar-refractivity contribution in [2.75, 3.05) is 13.2 Å². The van der Waals surface area contributed by atoms with Crippen LogP contribution >= 0.6 is 22.6 Å². The van der Waals surface area contributed by atoms with E-state index < -0.39 is 0 Å². The monoisotopic (exact) mass is 333 g/mol. The number of amides is 1. The van der Waals surface area contributed by atoms with Gasteiger partial charge in [-0.05, 0) is 59.2 Å². The number of nitrogens with one attached hydrogen (secondary N) is 1. The van der Waals surface area contributed by atoms with Crippen LogP contribution in [0, 0.1) is 9.49 Å². The average Bonchev–Trinajstić information content (AvgIpc) is 2.27. The molecule has 0 saturated carbocycles. The van der Waals surface area contributed by atoms with Gasteiger partial charge in [-0.1, -0.05) is 6.92 Å². The number of carbonyl (C=O) groups excluding carboxylic acids is 1. The Morgan fingerprint density at radius 3 is 2.62 bits per heavy atom. The zero-order valence-corrected chi connectivity index (χ0v) is 11.4. The lowest BCUT2D eigenvalue weighted by molar-refractivity contribution is 0.0945. The van der Waals surface area contributed by atoms with Gasteiger partial charge in [0.05, 0.1) is 0 Å². The molecule has 1 rings (SSSR count). The summed E-state index contributed by atoms with van der Waals surface area (Å²) >= 11 is 2.20. The maximum atomic E-state index is 11.7. The first-order valence-corrected chi connectivity index (χ1v) is 6.36. The molecule has 1 unspecified atom stereocenters. The van der Waals surface area contributed by atoms with Gasteiger partial charge in [0.15, 0.2) is 0 Å². The standard InChI is InChI=1S/C12H16INO2/c1-9(6-7-15)8-14-12(16)10-2-4-11(13)5-3-10/h2-5,9,15H,6-8H2,1H3,(H,14,16). The maximum absolute atomic E-state index is 11.7. The molecule has 1 amide bonds. The number of rotatable bonds is 5. The molecule has 0 bridgehead atoms. The first-order valence-electron chi connectivity index (χ1n) is 5.28. The largest absolute Gasteiger partial charge is 0.396 e. The third-order valence-corrected chi connectivity index (χ3v) is 3.06. The summed E-state index contributed by atoms with van der Waals surface area (Å²) in [7, 11) is 0. The van der Waals surface area contributed by atoms with Crippen molar-refractivity contribution in [3.05, 3.63) is 33.4 Å².